The second kappa shape index (κ2) is 11.8. The van der Waals surface area contributed by atoms with Crippen LogP contribution in [0.5, 0.6) is 5.75 Å². The lowest BCUT2D eigenvalue weighted by molar-refractivity contribution is -0.360. The van der Waals surface area contributed by atoms with Crippen molar-refractivity contribution in [2.24, 2.45) is 0 Å². The molecule has 1 atom stereocenters. The molecule has 3 heterocycles. The first kappa shape index (κ1) is 34.5. The Balaban J connectivity index is 0.000000276. The van der Waals surface area contributed by atoms with Crippen LogP contribution in [0.1, 0.15) is 56.1 Å². The van der Waals surface area contributed by atoms with Crippen molar-refractivity contribution in [1.29, 1.82) is 0 Å². The van der Waals surface area contributed by atoms with Gasteiger partial charge in [-0.1, -0.05) is 37.4 Å². The fourth-order valence-electron chi connectivity index (χ4n) is 5.94. The van der Waals surface area contributed by atoms with Gasteiger partial charge in [-0.05, 0) is 45.9 Å². The molecule has 0 spiro atoms. The highest BCUT2D eigenvalue weighted by Gasteiger charge is 2.62. The maximum Gasteiger partial charge on any atom is 0.263 e. The monoisotopic (exact) mass is 631 g/mol. The molecular formula is C32H42FN3O9. The Kier molecular flexibility index (Phi) is 9.00. The third-order valence-corrected chi connectivity index (χ3v) is 7.86. The molecule has 2 fully saturated rings. The van der Waals surface area contributed by atoms with E-state index in [4.69, 9.17) is 9.47 Å². The number of halogens is 1. The first-order valence-electron chi connectivity index (χ1n) is 14.3. The number of rotatable bonds is 5. The van der Waals surface area contributed by atoms with Crippen molar-refractivity contribution in [2.75, 3.05) is 13.1 Å². The smallest absolute Gasteiger partial charge is 0.263 e. The number of fused-ring (bicyclic) bond motifs is 1. The molecule has 1 amide bonds. The van der Waals surface area contributed by atoms with Gasteiger partial charge in [0.05, 0.1) is 23.4 Å². The van der Waals surface area contributed by atoms with E-state index in [9.17, 15) is 39.8 Å². The lowest BCUT2D eigenvalue weighted by Gasteiger charge is -2.49. The molecule has 2 aromatic carbocycles. The first-order valence-corrected chi connectivity index (χ1v) is 14.3. The molecule has 3 aliphatic rings. The van der Waals surface area contributed by atoms with Crippen LogP contribution in [-0.4, -0.2) is 94.2 Å². The highest BCUT2D eigenvalue weighted by atomic mass is 19.1. The van der Waals surface area contributed by atoms with Gasteiger partial charge < -0.3 is 50.3 Å². The predicted octanol–water partition coefficient (Wildman–Crippen LogP) is 1.26. The summed E-state index contributed by atoms with van der Waals surface area (Å²) < 4.78 is 25.5. The van der Waals surface area contributed by atoms with Crippen molar-refractivity contribution in [3.63, 3.8) is 0 Å². The second-order valence-electron chi connectivity index (χ2n) is 13.0. The van der Waals surface area contributed by atoms with Crippen molar-refractivity contribution >= 4 is 5.91 Å². The summed E-state index contributed by atoms with van der Waals surface area (Å²) in [7, 11) is 0. The second-order valence-corrected chi connectivity index (χ2v) is 13.0. The molecule has 1 unspecified atom stereocenters. The van der Waals surface area contributed by atoms with Gasteiger partial charge in [-0.15, -0.1) is 0 Å². The average Bonchev–Trinajstić information content (AvgIpc) is 3.21. The van der Waals surface area contributed by atoms with E-state index in [-0.39, 0.29) is 35.6 Å². The van der Waals surface area contributed by atoms with Crippen LogP contribution in [0, 0.1) is 5.82 Å². The molecule has 0 aliphatic carbocycles. The number of benzene rings is 2. The van der Waals surface area contributed by atoms with Crippen molar-refractivity contribution in [3.05, 3.63) is 89.5 Å². The molecule has 0 bridgehead atoms. The number of carbonyl (C=O) groups is 1. The third-order valence-electron chi connectivity index (χ3n) is 7.86. The van der Waals surface area contributed by atoms with E-state index in [2.05, 4.69) is 18.5 Å². The number of hydrogen-bond donors (Lipinski definition) is 7. The fourth-order valence-corrected chi connectivity index (χ4v) is 5.94. The number of amides is 1. The first-order chi connectivity index (χ1) is 20.6. The number of aliphatic hydroxyl groups is 6. The molecule has 13 heteroatoms. The zero-order valence-electron chi connectivity index (χ0n) is 26.0. The van der Waals surface area contributed by atoms with Crippen LogP contribution in [0.25, 0.3) is 0 Å². The number of carbonyl (C=O) groups excluding carboxylic acids is 1. The summed E-state index contributed by atoms with van der Waals surface area (Å²) in [6.45, 7) is 17.0. The maximum absolute atomic E-state index is 13.9. The standard InChI is InChI=1S/C22H21FN2O6.C10H21NO3/c1-12-19(22(29,30)21(27,28)13(2)24-12)25-10-16-15(20(25)26)7-5-9-18(16)31-11-14-6-3-4-8-17(14)23;1-8(2)6-11(10(5,12)13)7-9(3,4)14-8/h3-9,19,24,27-30H,1-2,10-11H2;12-13H,6-7H2,1-5H3. The molecule has 3 aliphatic heterocycles. The zero-order valence-corrected chi connectivity index (χ0v) is 26.0. The molecule has 246 valence electrons. The molecule has 0 saturated carbocycles. The molecule has 5 rings (SSSR count). The van der Waals surface area contributed by atoms with Crippen molar-refractivity contribution in [3.8, 4) is 5.75 Å². The molecular weight excluding hydrogens is 589 g/mol. The summed E-state index contributed by atoms with van der Waals surface area (Å²) in [4.78, 5) is 15.7. The van der Waals surface area contributed by atoms with Crippen LogP contribution in [-0.2, 0) is 17.9 Å². The Morgan fingerprint density at radius 3 is 2.20 bits per heavy atom. The number of ether oxygens (including phenoxy) is 2. The Labute approximate surface area is 261 Å². The molecule has 0 aromatic heterocycles. The lowest BCUT2D eigenvalue weighted by atomic mass is 9.87. The van der Waals surface area contributed by atoms with E-state index in [1.165, 1.54) is 19.1 Å². The third kappa shape index (κ3) is 6.90. The van der Waals surface area contributed by atoms with Crippen LogP contribution in [0.2, 0.25) is 0 Å². The number of nitrogens with zero attached hydrogens (tertiary/aromatic N) is 2. The minimum Gasteiger partial charge on any atom is -0.488 e. The SMILES string of the molecule is C=C1NC(=C)C(O)(O)C(O)(O)C1N1Cc2c(OCc3ccccc3F)cccc2C1=O.CC1(C)CN(C(C)(O)O)CC(C)(C)O1. The Bertz CT molecular complexity index is 1470. The van der Waals surface area contributed by atoms with Crippen LogP contribution < -0.4 is 10.1 Å². The molecule has 45 heavy (non-hydrogen) atoms. The predicted molar refractivity (Wildman–Crippen MR) is 160 cm³/mol. The minimum atomic E-state index is -3.18. The number of nitrogens with one attached hydrogen (secondary N) is 1. The van der Waals surface area contributed by atoms with Crippen LogP contribution >= 0.6 is 0 Å². The topological polar surface area (TPSA) is 175 Å². The lowest BCUT2D eigenvalue weighted by Crippen LogP contribution is -2.72. The van der Waals surface area contributed by atoms with Gasteiger partial charge in [0.25, 0.3) is 17.5 Å². The normalized spacial score (nSPS) is 23.5. The number of piperidine rings is 1. The number of hydrogen-bond acceptors (Lipinski definition) is 11. The van der Waals surface area contributed by atoms with Crippen LogP contribution in [0.4, 0.5) is 4.39 Å². The van der Waals surface area contributed by atoms with E-state index in [0.29, 0.717) is 30.0 Å². The summed E-state index contributed by atoms with van der Waals surface area (Å²) in [5, 5.41) is 63.0. The average molecular weight is 632 g/mol. The molecule has 0 radical (unpaired) electrons. The van der Waals surface area contributed by atoms with Gasteiger partial charge in [0.15, 0.2) is 0 Å². The molecule has 7 N–H and O–H groups in total. The summed E-state index contributed by atoms with van der Waals surface area (Å²) in [6, 6.07) is 9.26. The maximum atomic E-state index is 13.9. The Hall–Kier alpha value is -3.40. The van der Waals surface area contributed by atoms with Gasteiger partial charge in [0.1, 0.15) is 24.2 Å². The van der Waals surface area contributed by atoms with Crippen molar-refractivity contribution < 1.29 is 49.3 Å². The van der Waals surface area contributed by atoms with Gasteiger partial charge >= 0.3 is 0 Å². The van der Waals surface area contributed by atoms with Gasteiger partial charge in [-0.25, -0.2) is 9.29 Å². The highest BCUT2D eigenvalue weighted by molar-refractivity contribution is 5.99. The number of morpholine rings is 1. The van der Waals surface area contributed by atoms with E-state index < -0.39 is 40.9 Å². The summed E-state index contributed by atoms with van der Waals surface area (Å²) >= 11 is 0. The fraction of sp³-hybridized carbons (Fsp3) is 0.469. The van der Waals surface area contributed by atoms with E-state index in [1.807, 2.05) is 27.7 Å². The van der Waals surface area contributed by atoms with Crippen LogP contribution in [0.3, 0.4) is 0 Å². The Morgan fingerprint density at radius 2 is 1.62 bits per heavy atom. The molecule has 2 saturated heterocycles. The zero-order chi connectivity index (χ0) is 33.8. The van der Waals surface area contributed by atoms with Crippen LogP contribution in [0.15, 0.2) is 67.0 Å². The molecule has 12 nitrogen and oxygen atoms in total. The molecule has 2 aromatic rings. The summed E-state index contributed by atoms with van der Waals surface area (Å²) in [5.74, 6) is -8.79. The van der Waals surface area contributed by atoms with Gasteiger partial charge in [-0.3, -0.25) is 4.79 Å². The summed E-state index contributed by atoms with van der Waals surface area (Å²) in [5.41, 5.74) is -0.234. The van der Waals surface area contributed by atoms with E-state index >= 15 is 0 Å². The van der Waals surface area contributed by atoms with Crippen molar-refractivity contribution in [1.82, 2.24) is 15.1 Å². The summed E-state index contributed by atoms with van der Waals surface area (Å²) in [6.07, 6.45) is 0. The highest BCUT2D eigenvalue weighted by Crippen LogP contribution is 2.41. The minimum absolute atomic E-state index is 0.0521. The van der Waals surface area contributed by atoms with E-state index in [0.717, 1.165) is 4.90 Å². The van der Waals surface area contributed by atoms with E-state index in [1.54, 1.807) is 35.2 Å². The van der Waals surface area contributed by atoms with Gasteiger partial charge in [0, 0.05) is 42.4 Å². The van der Waals surface area contributed by atoms with Gasteiger partial charge in [0.2, 0.25) is 5.91 Å². The largest absolute Gasteiger partial charge is 0.488 e. The Morgan fingerprint density at radius 1 is 1.02 bits per heavy atom. The van der Waals surface area contributed by atoms with Gasteiger partial charge in [-0.2, -0.15) is 0 Å². The quantitative estimate of drug-likeness (QED) is 0.237. The van der Waals surface area contributed by atoms with Crippen molar-refractivity contribution in [2.45, 2.75) is 82.5 Å².